The average Bonchev–Trinajstić information content (AvgIpc) is 3.38. The quantitative estimate of drug-likeness (QED) is 0.696. The van der Waals surface area contributed by atoms with Crippen molar-refractivity contribution >= 4 is 39.1 Å². The predicted molar refractivity (Wildman–Crippen MR) is 99.4 cm³/mol. The number of hydrogen-bond acceptors (Lipinski definition) is 5. The number of rotatable bonds is 7. The zero-order valence-corrected chi connectivity index (χ0v) is 16.5. The van der Waals surface area contributed by atoms with Gasteiger partial charge in [-0.15, -0.1) is 0 Å². The van der Waals surface area contributed by atoms with E-state index in [0.717, 1.165) is 25.9 Å². The van der Waals surface area contributed by atoms with Crippen LogP contribution in [0, 0.1) is 0 Å². The second kappa shape index (κ2) is 8.41. The van der Waals surface area contributed by atoms with Crippen LogP contribution in [0.3, 0.4) is 0 Å². The van der Waals surface area contributed by atoms with E-state index in [2.05, 4.69) is 14.9 Å². The van der Waals surface area contributed by atoms with Gasteiger partial charge in [-0.1, -0.05) is 23.2 Å². The van der Waals surface area contributed by atoms with Crippen molar-refractivity contribution in [2.45, 2.75) is 23.8 Å². The lowest BCUT2D eigenvalue weighted by Crippen LogP contribution is -2.41. The molecule has 10 heteroatoms. The fourth-order valence-electron chi connectivity index (χ4n) is 2.64. The van der Waals surface area contributed by atoms with E-state index < -0.39 is 15.9 Å². The third-order valence-corrected chi connectivity index (χ3v) is 6.57. The number of morpholine rings is 1. The summed E-state index contributed by atoms with van der Waals surface area (Å²) in [5.41, 5.74) is 0.0919. The largest absolute Gasteiger partial charge is 0.379 e. The topological polar surface area (TPSA) is 87.7 Å². The van der Waals surface area contributed by atoms with Crippen LogP contribution in [0.1, 0.15) is 23.2 Å². The SMILES string of the molecule is O=C(NCCN1CCOCC1)c1cc(S(=O)(=O)NC2CC2)c(Cl)cc1Cl. The van der Waals surface area contributed by atoms with Crippen LogP contribution < -0.4 is 10.0 Å². The Balaban J connectivity index is 1.67. The van der Waals surface area contributed by atoms with Gasteiger partial charge in [-0.05, 0) is 25.0 Å². The zero-order valence-electron chi connectivity index (χ0n) is 14.1. The first-order chi connectivity index (χ1) is 12.4. The number of sulfonamides is 1. The smallest absolute Gasteiger partial charge is 0.252 e. The summed E-state index contributed by atoms with van der Waals surface area (Å²) in [6.07, 6.45) is 1.61. The number of nitrogens with zero attached hydrogens (tertiary/aromatic N) is 1. The molecule has 2 fully saturated rings. The summed E-state index contributed by atoms with van der Waals surface area (Å²) in [7, 11) is -3.78. The van der Waals surface area contributed by atoms with Crippen molar-refractivity contribution in [1.29, 1.82) is 0 Å². The normalized spacial score (nSPS) is 18.7. The minimum atomic E-state index is -3.78. The van der Waals surface area contributed by atoms with Gasteiger partial charge in [0.2, 0.25) is 10.0 Å². The molecule has 2 N–H and O–H groups in total. The van der Waals surface area contributed by atoms with E-state index in [-0.39, 0.29) is 26.5 Å². The van der Waals surface area contributed by atoms with Crippen LogP contribution in [0.5, 0.6) is 0 Å². The molecular weight excluding hydrogens is 401 g/mol. The highest BCUT2D eigenvalue weighted by atomic mass is 35.5. The number of nitrogens with one attached hydrogen (secondary N) is 2. The lowest BCUT2D eigenvalue weighted by Gasteiger charge is -2.26. The fraction of sp³-hybridized carbons (Fsp3) is 0.562. The van der Waals surface area contributed by atoms with Gasteiger partial charge in [0.1, 0.15) is 4.90 Å². The Kier molecular flexibility index (Phi) is 6.42. The summed E-state index contributed by atoms with van der Waals surface area (Å²) >= 11 is 12.2. The Morgan fingerprint density at radius 1 is 1.19 bits per heavy atom. The second-order valence-corrected chi connectivity index (χ2v) is 8.86. The number of ether oxygens (including phenoxy) is 1. The first-order valence-corrected chi connectivity index (χ1v) is 10.7. The molecule has 3 rings (SSSR count). The Morgan fingerprint density at radius 2 is 1.88 bits per heavy atom. The first-order valence-electron chi connectivity index (χ1n) is 8.46. The molecule has 1 saturated carbocycles. The molecule has 0 atom stereocenters. The van der Waals surface area contributed by atoms with E-state index in [4.69, 9.17) is 27.9 Å². The van der Waals surface area contributed by atoms with Crippen LogP contribution in [0.15, 0.2) is 17.0 Å². The highest BCUT2D eigenvalue weighted by Gasteiger charge is 2.30. The molecule has 0 radical (unpaired) electrons. The Hall–Kier alpha value is -0.900. The number of carbonyl (C=O) groups is 1. The monoisotopic (exact) mass is 421 g/mol. The van der Waals surface area contributed by atoms with Crippen LogP contribution in [0.2, 0.25) is 10.0 Å². The first kappa shape index (κ1) is 19.9. The van der Waals surface area contributed by atoms with E-state index >= 15 is 0 Å². The average molecular weight is 422 g/mol. The minimum Gasteiger partial charge on any atom is -0.379 e. The molecule has 0 bridgehead atoms. The molecule has 1 aromatic rings. The van der Waals surface area contributed by atoms with E-state index in [1.54, 1.807) is 0 Å². The maximum Gasteiger partial charge on any atom is 0.252 e. The van der Waals surface area contributed by atoms with Crippen molar-refractivity contribution in [2.24, 2.45) is 0 Å². The number of benzene rings is 1. The molecule has 0 aromatic heterocycles. The van der Waals surface area contributed by atoms with E-state index in [0.29, 0.717) is 26.3 Å². The second-order valence-electron chi connectivity index (χ2n) is 6.37. The summed E-state index contributed by atoms with van der Waals surface area (Å²) in [5, 5.41) is 2.88. The molecule has 0 spiro atoms. The van der Waals surface area contributed by atoms with E-state index in [1.807, 2.05) is 0 Å². The van der Waals surface area contributed by atoms with Gasteiger partial charge in [0.15, 0.2) is 0 Å². The van der Waals surface area contributed by atoms with Gasteiger partial charge in [-0.3, -0.25) is 9.69 Å². The van der Waals surface area contributed by atoms with Crippen LogP contribution in [0.4, 0.5) is 0 Å². The lowest BCUT2D eigenvalue weighted by atomic mass is 10.2. The van der Waals surface area contributed by atoms with Crippen molar-refractivity contribution in [1.82, 2.24) is 14.9 Å². The number of hydrogen-bond donors (Lipinski definition) is 2. The van der Waals surface area contributed by atoms with Crippen molar-refractivity contribution in [3.8, 4) is 0 Å². The highest BCUT2D eigenvalue weighted by Crippen LogP contribution is 2.30. The zero-order chi connectivity index (χ0) is 18.7. The van der Waals surface area contributed by atoms with E-state index in [1.165, 1.54) is 12.1 Å². The standard InChI is InChI=1S/C16H21Cl2N3O4S/c17-13-10-14(18)15(26(23,24)20-11-1-2-11)9-12(13)16(22)19-3-4-21-5-7-25-8-6-21/h9-11,20H,1-8H2,(H,19,22). The number of amides is 1. The molecule has 1 saturated heterocycles. The molecule has 1 aliphatic heterocycles. The third kappa shape index (κ3) is 5.09. The van der Waals surface area contributed by atoms with Gasteiger partial charge < -0.3 is 10.1 Å². The summed E-state index contributed by atoms with van der Waals surface area (Å²) < 4.78 is 32.7. The van der Waals surface area contributed by atoms with Gasteiger partial charge in [0.25, 0.3) is 5.91 Å². The van der Waals surface area contributed by atoms with Gasteiger partial charge in [-0.2, -0.15) is 0 Å². The van der Waals surface area contributed by atoms with Gasteiger partial charge in [0, 0.05) is 32.2 Å². The maximum atomic E-state index is 12.4. The molecule has 1 aliphatic carbocycles. The Labute approximate surface area is 163 Å². The fourth-order valence-corrected chi connectivity index (χ4v) is 4.80. The van der Waals surface area contributed by atoms with Crippen LogP contribution in [-0.2, 0) is 14.8 Å². The van der Waals surface area contributed by atoms with Crippen molar-refractivity contribution in [2.75, 3.05) is 39.4 Å². The minimum absolute atomic E-state index is 0.00647. The molecule has 1 heterocycles. The van der Waals surface area contributed by atoms with Gasteiger partial charge >= 0.3 is 0 Å². The van der Waals surface area contributed by atoms with Gasteiger partial charge in [-0.25, -0.2) is 13.1 Å². The predicted octanol–water partition coefficient (Wildman–Crippen LogP) is 1.50. The third-order valence-electron chi connectivity index (χ3n) is 4.27. The van der Waals surface area contributed by atoms with Crippen LogP contribution in [0.25, 0.3) is 0 Å². The number of halogens is 2. The molecule has 7 nitrogen and oxygen atoms in total. The molecule has 144 valence electrons. The number of carbonyl (C=O) groups excluding carboxylic acids is 1. The van der Waals surface area contributed by atoms with Crippen molar-refractivity contribution in [3.63, 3.8) is 0 Å². The van der Waals surface area contributed by atoms with Crippen molar-refractivity contribution in [3.05, 3.63) is 27.7 Å². The van der Waals surface area contributed by atoms with Gasteiger partial charge in [0.05, 0.1) is 28.8 Å². The molecular formula is C16H21Cl2N3O4S. The summed E-state index contributed by atoms with van der Waals surface area (Å²) in [4.78, 5) is 14.5. The molecule has 1 amide bonds. The summed E-state index contributed by atoms with van der Waals surface area (Å²) in [6.45, 7) is 4.15. The molecule has 1 aromatic carbocycles. The summed E-state index contributed by atoms with van der Waals surface area (Å²) in [5.74, 6) is -0.428. The van der Waals surface area contributed by atoms with Crippen LogP contribution >= 0.6 is 23.2 Å². The molecule has 0 unspecified atom stereocenters. The van der Waals surface area contributed by atoms with E-state index in [9.17, 15) is 13.2 Å². The Bertz CT molecular complexity index is 778. The maximum absolute atomic E-state index is 12.4. The lowest BCUT2D eigenvalue weighted by molar-refractivity contribution is 0.0383. The Morgan fingerprint density at radius 3 is 2.54 bits per heavy atom. The highest BCUT2D eigenvalue weighted by molar-refractivity contribution is 7.89. The molecule has 26 heavy (non-hydrogen) atoms. The van der Waals surface area contributed by atoms with Crippen LogP contribution in [-0.4, -0.2) is 64.7 Å². The van der Waals surface area contributed by atoms with Crippen molar-refractivity contribution < 1.29 is 17.9 Å². The summed E-state index contributed by atoms with van der Waals surface area (Å²) in [6, 6.07) is 2.47. The molecule has 2 aliphatic rings.